The van der Waals surface area contributed by atoms with Crippen molar-refractivity contribution in [2.75, 3.05) is 0 Å². The molecule has 2 heterocycles. The molecule has 2 aromatic carbocycles. The number of hydrogen-bond acceptors (Lipinski definition) is 3. The lowest BCUT2D eigenvalue weighted by Crippen LogP contribution is -1.76. The van der Waals surface area contributed by atoms with Gasteiger partial charge in [0.2, 0.25) is 0 Å². The van der Waals surface area contributed by atoms with Gasteiger partial charge in [0, 0.05) is 21.4 Å². The smallest absolute Gasteiger partial charge is 0.154 e. The van der Waals surface area contributed by atoms with Crippen LogP contribution < -0.4 is 0 Å². The summed E-state index contributed by atoms with van der Waals surface area (Å²) in [6, 6.07) is 17.7. The Bertz CT molecular complexity index is 911. The van der Waals surface area contributed by atoms with Gasteiger partial charge in [0.15, 0.2) is 5.76 Å². The van der Waals surface area contributed by atoms with Gasteiger partial charge in [-0.15, -0.1) is 11.3 Å². The molecule has 0 unspecified atom stereocenters. The molecule has 0 bridgehead atoms. The first-order valence-electron chi connectivity index (χ1n) is 6.50. The molecule has 0 saturated carbocycles. The van der Waals surface area contributed by atoms with Crippen LogP contribution in [0, 0.1) is 0 Å². The summed E-state index contributed by atoms with van der Waals surface area (Å²) in [5, 5.41) is 4.70. The Hall–Kier alpha value is -2.10. The monoisotopic (exact) mass is 311 g/mol. The quantitative estimate of drug-likeness (QED) is 0.462. The highest BCUT2D eigenvalue weighted by molar-refractivity contribution is 7.13. The van der Waals surface area contributed by atoms with Gasteiger partial charge in [-0.1, -0.05) is 41.9 Å². The van der Waals surface area contributed by atoms with E-state index < -0.39 is 0 Å². The number of nitrogens with zero attached hydrogens (tertiary/aromatic N) is 1. The third kappa shape index (κ3) is 2.35. The van der Waals surface area contributed by atoms with E-state index in [1.54, 1.807) is 11.3 Å². The minimum absolute atomic E-state index is 0.707. The molecule has 0 radical (unpaired) electrons. The van der Waals surface area contributed by atoms with Crippen LogP contribution in [0.5, 0.6) is 0 Å². The summed E-state index contributed by atoms with van der Waals surface area (Å²) in [6.07, 6.45) is 0. The summed E-state index contributed by atoms with van der Waals surface area (Å²) in [5.74, 6) is 0.769. The minimum Gasteiger partial charge on any atom is -0.454 e. The molecule has 0 N–H and O–H groups in total. The highest BCUT2D eigenvalue weighted by Gasteiger charge is 2.11. The molecule has 0 aliphatic heterocycles. The van der Waals surface area contributed by atoms with E-state index in [2.05, 4.69) is 17.1 Å². The molecule has 2 nitrogen and oxygen atoms in total. The lowest BCUT2D eigenvalue weighted by Gasteiger charge is -1.93. The van der Waals surface area contributed by atoms with E-state index in [0.717, 1.165) is 33.0 Å². The first-order chi connectivity index (χ1) is 10.3. The van der Waals surface area contributed by atoms with Crippen LogP contribution >= 0.6 is 22.9 Å². The molecule has 0 amide bonds. The van der Waals surface area contributed by atoms with Crippen LogP contribution in [0.1, 0.15) is 0 Å². The predicted molar refractivity (Wildman–Crippen MR) is 87.8 cm³/mol. The molecule has 2 aromatic heterocycles. The summed E-state index contributed by atoms with van der Waals surface area (Å²) < 4.78 is 5.84. The molecular weight excluding hydrogens is 302 g/mol. The van der Waals surface area contributed by atoms with Gasteiger partial charge in [-0.3, -0.25) is 0 Å². The Morgan fingerprint density at radius 1 is 1.00 bits per heavy atom. The third-order valence-corrected chi connectivity index (χ3v) is 4.38. The zero-order valence-corrected chi connectivity index (χ0v) is 12.5. The summed E-state index contributed by atoms with van der Waals surface area (Å²) in [4.78, 5) is 4.66. The first-order valence-corrected chi connectivity index (χ1v) is 7.76. The molecular formula is C17H10ClNOS. The van der Waals surface area contributed by atoms with E-state index in [0.29, 0.717) is 5.02 Å². The maximum Gasteiger partial charge on any atom is 0.154 e. The van der Waals surface area contributed by atoms with Crippen molar-refractivity contribution in [1.29, 1.82) is 0 Å². The number of furan rings is 1. The second-order valence-electron chi connectivity index (χ2n) is 4.70. The molecule has 0 saturated heterocycles. The van der Waals surface area contributed by atoms with Crippen LogP contribution in [0.2, 0.25) is 5.02 Å². The van der Waals surface area contributed by atoms with Crippen molar-refractivity contribution in [3.63, 3.8) is 0 Å². The number of halogens is 1. The number of rotatable bonds is 2. The molecule has 4 aromatic rings. The zero-order chi connectivity index (χ0) is 14.2. The summed E-state index contributed by atoms with van der Waals surface area (Å²) in [5.41, 5.74) is 2.79. The predicted octanol–water partition coefficient (Wildman–Crippen LogP) is 5.88. The van der Waals surface area contributed by atoms with Crippen molar-refractivity contribution in [2.24, 2.45) is 0 Å². The van der Waals surface area contributed by atoms with Crippen molar-refractivity contribution in [3.05, 3.63) is 65.0 Å². The highest BCUT2D eigenvalue weighted by atomic mass is 35.5. The molecule has 102 valence electrons. The highest BCUT2D eigenvalue weighted by Crippen LogP contribution is 2.32. The second-order valence-corrected chi connectivity index (χ2v) is 5.99. The van der Waals surface area contributed by atoms with Crippen LogP contribution in [0.4, 0.5) is 0 Å². The molecule has 0 atom stereocenters. The van der Waals surface area contributed by atoms with Gasteiger partial charge in [0.25, 0.3) is 0 Å². The average molecular weight is 312 g/mol. The van der Waals surface area contributed by atoms with Gasteiger partial charge in [0.05, 0.1) is 0 Å². The van der Waals surface area contributed by atoms with Crippen LogP contribution in [-0.4, -0.2) is 4.98 Å². The number of aromatic nitrogens is 1. The van der Waals surface area contributed by atoms with E-state index in [1.807, 2.05) is 47.8 Å². The number of thiazole rings is 1. The topological polar surface area (TPSA) is 26.0 Å². The van der Waals surface area contributed by atoms with Gasteiger partial charge in [-0.25, -0.2) is 4.98 Å². The maximum atomic E-state index is 6.00. The van der Waals surface area contributed by atoms with Gasteiger partial charge in [-0.2, -0.15) is 0 Å². The van der Waals surface area contributed by atoms with Crippen LogP contribution in [0.3, 0.4) is 0 Å². The summed E-state index contributed by atoms with van der Waals surface area (Å²) >= 11 is 7.62. The summed E-state index contributed by atoms with van der Waals surface area (Å²) in [7, 11) is 0. The van der Waals surface area contributed by atoms with Crippen LogP contribution in [0.15, 0.2) is 64.4 Å². The average Bonchev–Trinajstić information content (AvgIpc) is 3.14. The first kappa shape index (κ1) is 12.6. The van der Waals surface area contributed by atoms with Crippen molar-refractivity contribution in [1.82, 2.24) is 4.98 Å². The number of hydrogen-bond donors (Lipinski definition) is 0. The maximum absolute atomic E-state index is 6.00. The van der Waals surface area contributed by atoms with E-state index >= 15 is 0 Å². The largest absolute Gasteiger partial charge is 0.454 e. The molecule has 0 aliphatic rings. The Balaban J connectivity index is 1.77. The fourth-order valence-electron chi connectivity index (χ4n) is 2.24. The van der Waals surface area contributed by atoms with Crippen LogP contribution in [0.25, 0.3) is 33.0 Å². The molecule has 0 spiro atoms. The van der Waals surface area contributed by atoms with Crippen LogP contribution in [-0.2, 0) is 0 Å². The lowest BCUT2D eigenvalue weighted by molar-refractivity contribution is 0.629. The third-order valence-electron chi connectivity index (χ3n) is 3.26. The number of fused-ring (bicyclic) bond motifs is 1. The molecule has 4 heteroatoms. The fraction of sp³-hybridized carbons (Fsp3) is 0. The Kier molecular flexibility index (Phi) is 3.02. The van der Waals surface area contributed by atoms with E-state index in [1.165, 1.54) is 0 Å². The molecule has 0 aliphatic carbocycles. The SMILES string of the molecule is Clc1ccc2oc(-c3csc(-c4ccccc4)n3)cc2c1. The van der Waals surface area contributed by atoms with Gasteiger partial charge in [-0.05, 0) is 24.3 Å². The Morgan fingerprint density at radius 3 is 2.71 bits per heavy atom. The normalized spacial score (nSPS) is 11.1. The summed E-state index contributed by atoms with van der Waals surface area (Å²) in [6.45, 7) is 0. The van der Waals surface area contributed by atoms with Gasteiger partial charge >= 0.3 is 0 Å². The second kappa shape index (κ2) is 5.02. The van der Waals surface area contributed by atoms with Gasteiger partial charge < -0.3 is 4.42 Å². The van der Waals surface area contributed by atoms with E-state index in [9.17, 15) is 0 Å². The lowest BCUT2D eigenvalue weighted by atomic mass is 10.2. The van der Waals surface area contributed by atoms with Crippen molar-refractivity contribution in [2.45, 2.75) is 0 Å². The van der Waals surface area contributed by atoms with E-state index in [-0.39, 0.29) is 0 Å². The Labute approximate surface area is 130 Å². The van der Waals surface area contributed by atoms with Crippen molar-refractivity contribution >= 4 is 33.9 Å². The van der Waals surface area contributed by atoms with Crippen molar-refractivity contribution < 1.29 is 4.42 Å². The fourth-order valence-corrected chi connectivity index (χ4v) is 3.24. The standard InChI is InChI=1S/C17H10ClNOS/c18-13-6-7-15-12(8-13)9-16(20-15)14-10-21-17(19-14)11-4-2-1-3-5-11/h1-10H. The Morgan fingerprint density at radius 2 is 1.86 bits per heavy atom. The van der Waals surface area contributed by atoms with E-state index in [4.69, 9.17) is 16.0 Å². The zero-order valence-electron chi connectivity index (χ0n) is 10.9. The van der Waals surface area contributed by atoms with Crippen molar-refractivity contribution in [3.8, 4) is 22.0 Å². The molecule has 21 heavy (non-hydrogen) atoms. The minimum atomic E-state index is 0.707. The van der Waals surface area contributed by atoms with Gasteiger partial charge in [0.1, 0.15) is 16.3 Å². The number of benzene rings is 2. The molecule has 4 rings (SSSR count). The molecule has 0 fully saturated rings.